The number of aromatic nitrogens is 13. The lowest BCUT2D eigenvalue weighted by molar-refractivity contribution is 0.132. The van der Waals surface area contributed by atoms with Gasteiger partial charge in [0.05, 0.1) is 55.4 Å². The zero-order valence-electron chi connectivity index (χ0n) is 77.2. The smallest absolute Gasteiger partial charge is 0.178 e. The molecule has 0 amide bonds. The number of hydrogen-bond acceptors (Lipinski definition) is 19. The van der Waals surface area contributed by atoms with E-state index in [-0.39, 0.29) is 28.0 Å². The number of ether oxygens (including phenoxy) is 5. The van der Waals surface area contributed by atoms with Crippen molar-refractivity contribution >= 4 is 89.1 Å². The fourth-order valence-corrected chi connectivity index (χ4v) is 14.1. The van der Waals surface area contributed by atoms with Gasteiger partial charge >= 0.3 is 0 Å². The number of aryl methyl sites for hydroxylation is 6. The number of nitrogens with one attached hydrogen (secondary N) is 2. The molecule has 2 N–H and O–H groups in total. The van der Waals surface area contributed by atoms with E-state index in [4.69, 9.17) is 70.2 Å². The molecule has 123 heavy (non-hydrogen) atoms. The van der Waals surface area contributed by atoms with Gasteiger partial charge in [-0.25, -0.2) is 49.5 Å². The molecule has 0 fully saturated rings. The maximum Gasteiger partial charge on any atom is 0.178 e. The molecule has 644 valence electrons. The highest BCUT2D eigenvalue weighted by atomic mass is 35.5. The largest absolute Gasteiger partial charge is 0.487 e. The Bertz CT molecular complexity index is 6080. The molecule has 0 unspecified atom stereocenters. The number of benzene rings is 5. The van der Waals surface area contributed by atoms with E-state index in [9.17, 15) is 0 Å². The lowest BCUT2D eigenvalue weighted by Crippen LogP contribution is -2.23. The molecule has 0 bridgehead atoms. The summed E-state index contributed by atoms with van der Waals surface area (Å²) in [6.45, 7) is 59.8. The summed E-state index contributed by atoms with van der Waals surface area (Å²) < 4.78 is 34.7. The quantitative estimate of drug-likeness (QED) is 0.0918. The zero-order chi connectivity index (χ0) is 89.5. The van der Waals surface area contributed by atoms with Crippen LogP contribution in [0.4, 0.5) is 11.6 Å². The summed E-state index contributed by atoms with van der Waals surface area (Å²) in [4.78, 5) is 42.3. The molecule has 20 nitrogen and oxygen atoms in total. The van der Waals surface area contributed by atoms with Crippen molar-refractivity contribution in [2.75, 3.05) is 10.6 Å². The highest BCUT2D eigenvalue weighted by Crippen LogP contribution is 2.41. The third-order valence-corrected chi connectivity index (χ3v) is 19.7. The summed E-state index contributed by atoms with van der Waals surface area (Å²) in [6.07, 6.45) is 5.66. The summed E-state index contributed by atoms with van der Waals surface area (Å²) >= 11 is 8.22. The zero-order valence-corrected chi connectivity index (χ0v) is 78.8. The molecule has 0 aliphatic rings. The third kappa shape index (κ3) is 25.5. The van der Waals surface area contributed by atoms with E-state index >= 15 is 0 Å². The minimum atomic E-state index is -0.336. The molecule has 0 aliphatic heterocycles. The monoisotopic (exact) mass is 1690 g/mol. The second-order valence-corrected chi connectivity index (χ2v) is 38.7. The SMILES string of the molecule is Cc1ccc2c(OC(C)(C)C)cc(-c3cccc(NC(C)C)n3)nc2c1Cl.Cc1ccc2c(OC(C)(C)C)cc(-c3ccn(C(C)C)n3)nc2c1.Cc1ccc2c(OC(C)(C)C)cc(-c3nc(C(C)C)cs3)nc2c1.Cc1ccc2c(OC(C)(C)C)cc(-c3nccc(C)n3)nc2c1.Cc1ccc2c(OC(C)(C)C)cc(-n3ccc(NC(C)C)n3)nc2c1. The van der Waals surface area contributed by atoms with Gasteiger partial charge in [-0.3, -0.25) is 4.68 Å². The molecule has 0 atom stereocenters. The first-order valence-corrected chi connectivity index (χ1v) is 43.5. The summed E-state index contributed by atoms with van der Waals surface area (Å²) in [7, 11) is 0. The van der Waals surface area contributed by atoms with Crippen molar-refractivity contribution in [3.05, 3.63) is 220 Å². The van der Waals surface area contributed by atoms with Gasteiger partial charge < -0.3 is 34.3 Å². The topological polar surface area (TPSA) is 222 Å². The Morgan fingerprint density at radius 3 is 1.28 bits per heavy atom. The van der Waals surface area contributed by atoms with Crippen molar-refractivity contribution in [2.24, 2.45) is 0 Å². The van der Waals surface area contributed by atoms with Crippen molar-refractivity contribution in [3.8, 4) is 79.6 Å². The van der Waals surface area contributed by atoms with Gasteiger partial charge in [0.15, 0.2) is 11.6 Å². The number of fused-ring (bicyclic) bond motifs is 5. The Labute approximate surface area is 735 Å². The van der Waals surface area contributed by atoms with Crippen LogP contribution in [0, 0.1) is 41.5 Å². The number of pyridine rings is 6. The van der Waals surface area contributed by atoms with Gasteiger partial charge in [-0.1, -0.05) is 61.8 Å². The molecular weight excluding hydrogens is 1570 g/mol. The molecular formula is C101H122ClN15O5S. The number of rotatable bonds is 16. The molecule has 0 saturated heterocycles. The van der Waals surface area contributed by atoms with Crippen LogP contribution in [0.15, 0.2) is 176 Å². The predicted molar refractivity (Wildman–Crippen MR) is 510 cm³/mol. The van der Waals surface area contributed by atoms with Crippen LogP contribution >= 0.6 is 22.9 Å². The molecule has 0 aliphatic carbocycles. The van der Waals surface area contributed by atoms with Crippen molar-refractivity contribution in [2.45, 2.75) is 253 Å². The third-order valence-electron chi connectivity index (χ3n) is 18.3. The van der Waals surface area contributed by atoms with Crippen LogP contribution in [0.3, 0.4) is 0 Å². The fourth-order valence-electron chi connectivity index (χ4n) is 13.0. The second kappa shape index (κ2) is 38.0. The van der Waals surface area contributed by atoms with Crippen LogP contribution in [-0.4, -0.2) is 105 Å². The standard InChI is InChI=1S/C22H26ClN3O.C20H26N4O.C20H25N3O.C20H24N2OS.C19H21N3O/c1-13(2)24-19-9-7-8-16(25-19)17-12-18(27-22(4,5)6)15-11-10-14(3)20(23)21(15)26-17;1-13(2)21-18-9-10-24(23-18)19-12-17(25-20(4,5)6)15-8-7-14(3)11-16(15)22-19;1-13(2)23-10-9-16(22-23)18-12-19(24-20(4,5)6)15-8-7-14(3)11-17(15)21-18;1-12(2)17-11-24-19(22-17)16-10-18(23-20(4,5)6)14-8-7-13(3)9-15(14)21-16;1-12-6-7-14-15(10-12)22-16(11-17(14)23-19(3,4)5)18-20-9-8-13(2)21-18/h7-13H,1-6H3,(H,24,25);7-13H,1-6H3,(H,21,23);7-13H,1-6H3;7-12H,1-6H3;6-11H,1-5H3. The number of nitrogens with zero attached hydrogens (tertiary/aromatic N) is 13. The van der Waals surface area contributed by atoms with E-state index < -0.39 is 0 Å². The van der Waals surface area contributed by atoms with Gasteiger partial charge in [0.2, 0.25) is 0 Å². The number of thiazole rings is 1. The Balaban J connectivity index is 0.000000150. The van der Waals surface area contributed by atoms with Gasteiger partial charge in [0.1, 0.15) is 90.5 Å². The first kappa shape index (κ1) is 92.0. The lowest BCUT2D eigenvalue weighted by atomic mass is 10.1. The normalized spacial score (nSPS) is 12.0. The first-order valence-electron chi connectivity index (χ1n) is 42.2. The molecule has 15 aromatic rings. The molecule has 5 aromatic carbocycles. The maximum atomic E-state index is 6.58. The molecule has 0 radical (unpaired) electrons. The Morgan fingerprint density at radius 2 is 0.821 bits per heavy atom. The van der Waals surface area contributed by atoms with Crippen molar-refractivity contribution < 1.29 is 23.7 Å². The average Bonchev–Trinajstić information content (AvgIpc) is 1.69. The van der Waals surface area contributed by atoms with E-state index in [2.05, 4.69) is 234 Å². The van der Waals surface area contributed by atoms with Crippen LogP contribution < -0.4 is 34.3 Å². The van der Waals surface area contributed by atoms with Crippen LogP contribution in [0.5, 0.6) is 28.7 Å². The van der Waals surface area contributed by atoms with Crippen LogP contribution in [-0.2, 0) is 0 Å². The summed E-state index contributed by atoms with van der Waals surface area (Å²) in [5.74, 6) is 7.53. The minimum Gasteiger partial charge on any atom is -0.487 e. The second-order valence-electron chi connectivity index (χ2n) is 37.4. The Hall–Kier alpha value is -11.7. The van der Waals surface area contributed by atoms with Gasteiger partial charge in [-0.2, -0.15) is 5.10 Å². The van der Waals surface area contributed by atoms with Gasteiger partial charge in [-0.15, -0.1) is 16.4 Å². The summed E-state index contributed by atoms with van der Waals surface area (Å²) in [6, 6.07) is 51.5. The predicted octanol–water partition coefficient (Wildman–Crippen LogP) is 26.6. The first-order chi connectivity index (χ1) is 57.6. The molecule has 15 rings (SSSR count). The minimum absolute atomic E-state index is 0.261. The van der Waals surface area contributed by atoms with E-state index in [1.165, 1.54) is 16.7 Å². The van der Waals surface area contributed by atoms with Gasteiger partial charge in [-0.05, 0) is 300 Å². The van der Waals surface area contributed by atoms with E-state index in [0.29, 0.717) is 34.9 Å². The summed E-state index contributed by atoms with van der Waals surface area (Å²) in [5.41, 5.74) is 15.5. The Morgan fingerprint density at radius 1 is 0.382 bits per heavy atom. The number of anilines is 2. The van der Waals surface area contributed by atoms with Crippen LogP contribution in [0.25, 0.3) is 105 Å². The van der Waals surface area contributed by atoms with E-state index in [1.54, 1.807) is 22.2 Å². The fraction of sp³-hybridized carbons (Fsp3) is 0.376. The highest BCUT2D eigenvalue weighted by Gasteiger charge is 2.25. The molecule has 0 saturated carbocycles. The van der Waals surface area contributed by atoms with Crippen molar-refractivity contribution in [1.82, 2.24) is 64.4 Å². The van der Waals surface area contributed by atoms with Gasteiger partial charge in [0.25, 0.3) is 0 Å². The van der Waals surface area contributed by atoms with Gasteiger partial charge in [0, 0.05) is 111 Å². The molecule has 10 aromatic heterocycles. The van der Waals surface area contributed by atoms with Crippen molar-refractivity contribution in [1.29, 1.82) is 0 Å². The molecule has 22 heteroatoms. The number of hydrogen-bond donors (Lipinski definition) is 2. The Kier molecular flexibility index (Phi) is 28.4. The molecule has 10 heterocycles. The summed E-state index contributed by atoms with van der Waals surface area (Å²) in [5, 5.41) is 24.5. The lowest BCUT2D eigenvalue weighted by Gasteiger charge is -2.23. The average molecular weight is 1690 g/mol. The van der Waals surface area contributed by atoms with Crippen molar-refractivity contribution in [3.63, 3.8) is 0 Å². The highest BCUT2D eigenvalue weighted by molar-refractivity contribution is 7.13. The maximum absolute atomic E-state index is 6.58. The number of halogens is 1. The van der Waals surface area contributed by atoms with E-state index in [0.717, 1.165) is 162 Å². The molecule has 0 spiro atoms. The van der Waals surface area contributed by atoms with E-state index in [1.807, 2.05) is 172 Å². The van der Waals surface area contributed by atoms with Crippen LogP contribution in [0.2, 0.25) is 5.02 Å². The van der Waals surface area contributed by atoms with Crippen LogP contribution in [0.1, 0.15) is 210 Å².